The van der Waals surface area contributed by atoms with Crippen LogP contribution in [0.2, 0.25) is 0 Å². The molecular formula is C32H25NO4. The van der Waals surface area contributed by atoms with Gasteiger partial charge in [0.25, 0.3) is 0 Å². The van der Waals surface area contributed by atoms with Crippen LogP contribution in [0.3, 0.4) is 0 Å². The molecule has 1 aliphatic rings. The largest absolute Gasteiger partial charge is 0.487 e. The van der Waals surface area contributed by atoms with Crippen LogP contribution < -0.4 is 18.9 Å². The Kier molecular flexibility index (Phi) is 6.41. The van der Waals surface area contributed by atoms with Gasteiger partial charge in [-0.3, -0.25) is 0 Å². The fourth-order valence-electron chi connectivity index (χ4n) is 4.32. The Morgan fingerprint density at radius 2 is 1.24 bits per heavy atom. The third-order valence-electron chi connectivity index (χ3n) is 6.19. The van der Waals surface area contributed by atoms with Gasteiger partial charge in [0.15, 0.2) is 11.5 Å². The zero-order valence-electron chi connectivity index (χ0n) is 20.2. The molecule has 5 heteroatoms. The predicted molar refractivity (Wildman–Crippen MR) is 143 cm³/mol. The molecule has 0 atom stereocenters. The molecule has 0 unspecified atom stereocenters. The van der Waals surface area contributed by atoms with Crippen LogP contribution in [-0.4, -0.2) is 11.8 Å². The molecular weight excluding hydrogens is 462 g/mol. The fourth-order valence-corrected chi connectivity index (χ4v) is 4.32. The molecule has 0 saturated carbocycles. The van der Waals surface area contributed by atoms with Gasteiger partial charge in [-0.25, -0.2) is 4.98 Å². The van der Waals surface area contributed by atoms with Gasteiger partial charge >= 0.3 is 0 Å². The summed E-state index contributed by atoms with van der Waals surface area (Å²) in [5, 5.41) is 0. The van der Waals surface area contributed by atoms with Crippen LogP contribution in [0.15, 0.2) is 115 Å². The summed E-state index contributed by atoms with van der Waals surface area (Å²) in [4.78, 5) is 4.78. The molecule has 0 spiro atoms. The highest BCUT2D eigenvalue weighted by Crippen LogP contribution is 2.46. The van der Waals surface area contributed by atoms with E-state index >= 15 is 0 Å². The Bertz CT molecular complexity index is 1490. The maximum Gasteiger partial charge on any atom is 0.231 e. The zero-order valence-corrected chi connectivity index (χ0v) is 20.2. The SMILES string of the molecule is c1ccc(COc2ncc(-c3ccccc3)c(OCc3ccccc3)c2-c2ccc3c(c2)OCO3)cc1. The van der Waals surface area contributed by atoms with Crippen molar-refractivity contribution in [3.05, 3.63) is 127 Å². The Balaban J connectivity index is 1.49. The van der Waals surface area contributed by atoms with E-state index in [1.165, 1.54) is 0 Å². The van der Waals surface area contributed by atoms with Crippen molar-refractivity contribution in [1.82, 2.24) is 4.98 Å². The average molecular weight is 488 g/mol. The van der Waals surface area contributed by atoms with Crippen LogP contribution in [0.5, 0.6) is 23.1 Å². The Hall–Kier alpha value is -4.77. The summed E-state index contributed by atoms with van der Waals surface area (Å²) < 4.78 is 24.1. The third kappa shape index (κ3) is 4.98. The lowest BCUT2D eigenvalue weighted by atomic mass is 9.99. The smallest absolute Gasteiger partial charge is 0.231 e. The van der Waals surface area contributed by atoms with Crippen molar-refractivity contribution in [3.63, 3.8) is 0 Å². The molecule has 1 aliphatic heterocycles. The van der Waals surface area contributed by atoms with Crippen molar-refractivity contribution < 1.29 is 18.9 Å². The minimum absolute atomic E-state index is 0.204. The van der Waals surface area contributed by atoms with E-state index in [9.17, 15) is 0 Å². The Labute approximate surface area is 215 Å². The van der Waals surface area contributed by atoms with E-state index in [0.29, 0.717) is 30.6 Å². The van der Waals surface area contributed by atoms with Gasteiger partial charge in [0.05, 0.1) is 5.56 Å². The quantitative estimate of drug-likeness (QED) is 0.230. The van der Waals surface area contributed by atoms with Crippen LogP contribution in [0.4, 0.5) is 0 Å². The van der Waals surface area contributed by atoms with Gasteiger partial charge in [-0.2, -0.15) is 0 Å². The van der Waals surface area contributed by atoms with Crippen molar-refractivity contribution >= 4 is 0 Å². The number of fused-ring (bicyclic) bond motifs is 1. The van der Waals surface area contributed by atoms with E-state index < -0.39 is 0 Å². The Morgan fingerprint density at radius 3 is 1.95 bits per heavy atom. The minimum atomic E-state index is 0.204. The van der Waals surface area contributed by atoms with Gasteiger partial charge in [0.2, 0.25) is 12.7 Å². The first-order chi connectivity index (χ1) is 18.3. The van der Waals surface area contributed by atoms with E-state index in [2.05, 4.69) is 24.3 Å². The lowest BCUT2D eigenvalue weighted by Crippen LogP contribution is -2.04. The molecule has 0 saturated heterocycles. The maximum absolute atomic E-state index is 6.58. The molecule has 5 nitrogen and oxygen atoms in total. The van der Waals surface area contributed by atoms with Crippen molar-refractivity contribution in [2.75, 3.05) is 6.79 Å². The molecule has 182 valence electrons. The molecule has 37 heavy (non-hydrogen) atoms. The average Bonchev–Trinajstić information content (AvgIpc) is 3.44. The third-order valence-corrected chi connectivity index (χ3v) is 6.19. The number of hydrogen-bond acceptors (Lipinski definition) is 5. The summed E-state index contributed by atoms with van der Waals surface area (Å²) in [6.07, 6.45) is 1.83. The molecule has 0 fully saturated rings. The van der Waals surface area contributed by atoms with Crippen LogP contribution in [0.1, 0.15) is 11.1 Å². The predicted octanol–water partition coefficient (Wildman–Crippen LogP) is 7.30. The van der Waals surface area contributed by atoms with Crippen LogP contribution in [0.25, 0.3) is 22.3 Å². The monoisotopic (exact) mass is 487 g/mol. The molecule has 0 bridgehead atoms. The number of nitrogens with zero attached hydrogens (tertiary/aromatic N) is 1. The number of benzene rings is 4. The van der Waals surface area contributed by atoms with Gasteiger partial charge in [-0.05, 0) is 34.4 Å². The van der Waals surface area contributed by atoms with Gasteiger partial charge in [0, 0.05) is 11.8 Å². The van der Waals surface area contributed by atoms with E-state index in [4.69, 9.17) is 23.9 Å². The second-order valence-electron chi connectivity index (χ2n) is 8.66. The van der Waals surface area contributed by atoms with Gasteiger partial charge in [-0.15, -0.1) is 0 Å². The second-order valence-corrected chi connectivity index (χ2v) is 8.66. The summed E-state index contributed by atoms with van der Waals surface area (Å²) in [7, 11) is 0. The zero-order chi connectivity index (χ0) is 24.9. The normalized spacial score (nSPS) is 11.8. The second kappa shape index (κ2) is 10.5. The molecule has 0 aliphatic carbocycles. The molecule has 0 radical (unpaired) electrons. The summed E-state index contributed by atoms with van der Waals surface area (Å²) in [6.45, 7) is 0.990. The maximum atomic E-state index is 6.58. The summed E-state index contributed by atoms with van der Waals surface area (Å²) in [5.41, 5.74) is 5.67. The summed E-state index contributed by atoms with van der Waals surface area (Å²) in [6, 6.07) is 36.2. The van der Waals surface area contributed by atoms with Gasteiger partial charge in [-0.1, -0.05) is 97.1 Å². The van der Waals surface area contributed by atoms with E-state index in [1.54, 1.807) is 0 Å². The molecule has 4 aromatic carbocycles. The van der Waals surface area contributed by atoms with E-state index in [1.807, 2.05) is 91.1 Å². The minimum Gasteiger partial charge on any atom is -0.487 e. The molecule has 0 amide bonds. The molecule has 6 rings (SSSR count). The first kappa shape index (κ1) is 22.7. The first-order valence-electron chi connectivity index (χ1n) is 12.2. The number of hydrogen-bond donors (Lipinski definition) is 0. The molecule has 2 heterocycles. The van der Waals surface area contributed by atoms with Crippen LogP contribution in [0, 0.1) is 0 Å². The topological polar surface area (TPSA) is 49.8 Å². The molecule has 0 N–H and O–H groups in total. The first-order valence-corrected chi connectivity index (χ1v) is 12.2. The van der Waals surface area contributed by atoms with Crippen LogP contribution >= 0.6 is 0 Å². The van der Waals surface area contributed by atoms with Crippen molar-refractivity contribution in [2.24, 2.45) is 0 Å². The molecule has 1 aromatic heterocycles. The highest BCUT2D eigenvalue weighted by molar-refractivity contribution is 5.85. The standard InChI is InChI=1S/C32H25NO4/c1-4-10-23(11-5-1)20-34-31-27(25-14-8-3-9-15-25)19-33-32(35-21-24-12-6-2-7-13-24)30(31)26-16-17-28-29(18-26)37-22-36-28/h1-19H,20-22H2. The Morgan fingerprint density at radius 1 is 0.622 bits per heavy atom. The van der Waals surface area contributed by atoms with Crippen molar-refractivity contribution in [3.8, 4) is 45.4 Å². The number of rotatable bonds is 8. The van der Waals surface area contributed by atoms with Crippen LogP contribution in [-0.2, 0) is 13.2 Å². The fraction of sp³-hybridized carbons (Fsp3) is 0.0938. The lowest BCUT2D eigenvalue weighted by molar-refractivity contribution is 0.174. The van der Waals surface area contributed by atoms with Gasteiger partial charge < -0.3 is 18.9 Å². The number of ether oxygens (including phenoxy) is 4. The molecule has 5 aromatic rings. The number of aromatic nitrogens is 1. The van der Waals surface area contributed by atoms with Gasteiger partial charge in [0.1, 0.15) is 19.0 Å². The lowest BCUT2D eigenvalue weighted by Gasteiger charge is -2.20. The van der Waals surface area contributed by atoms with Crippen molar-refractivity contribution in [1.29, 1.82) is 0 Å². The van der Waals surface area contributed by atoms with E-state index in [-0.39, 0.29) is 6.79 Å². The van der Waals surface area contributed by atoms with Crippen molar-refractivity contribution in [2.45, 2.75) is 13.2 Å². The highest BCUT2D eigenvalue weighted by atomic mass is 16.7. The summed E-state index contributed by atoms with van der Waals surface area (Å²) in [5.74, 6) is 2.59. The van der Waals surface area contributed by atoms with E-state index in [0.717, 1.165) is 39.1 Å². The summed E-state index contributed by atoms with van der Waals surface area (Å²) >= 11 is 0. The number of pyridine rings is 1. The highest BCUT2D eigenvalue weighted by Gasteiger charge is 2.23.